The second-order valence-electron chi connectivity index (χ2n) is 5.85. The molecule has 0 radical (unpaired) electrons. The Labute approximate surface area is 158 Å². The SMILES string of the molecule is CN(CCO)c1ccc(N=Nc2ccc(/C=C(\C#N)S(C)(=O)=O)cc2)cc1. The number of azo groups is 1. The third-order valence-electron chi connectivity index (χ3n) is 3.71. The summed E-state index contributed by atoms with van der Waals surface area (Å²) in [6.07, 6.45) is 2.31. The van der Waals surface area contributed by atoms with E-state index in [0.29, 0.717) is 23.5 Å². The zero-order chi connectivity index (χ0) is 19.9. The molecule has 0 saturated heterocycles. The van der Waals surface area contributed by atoms with E-state index in [1.54, 1.807) is 30.3 Å². The summed E-state index contributed by atoms with van der Waals surface area (Å²) >= 11 is 0. The number of nitriles is 1. The molecular weight excluding hydrogens is 364 g/mol. The van der Waals surface area contributed by atoms with Crippen molar-refractivity contribution in [3.8, 4) is 6.07 Å². The van der Waals surface area contributed by atoms with Crippen molar-refractivity contribution in [1.82, 2.24) is 0 Å². The lowest BCUT2D eigenvalue weighted by molar-refractivity contribution is 0.304. The van der Waals surface area contributed by atoms with Crippen LogP contribution in [-0.2, 0) is 9.84 Å². The van der Waals surface area contributed by atoms with Gasteiger partial charge < -0.3 is 10.0 Å². The fraction of sp³-hybridized carbons (Fsp3) is 0.211. The lowest BCUT2D eigenvalue weighted by atomic mass is 10.2. The number of nitrogens with zero attached hydrogens (tertiary/aromatic N) is 4. The maximum absolute atomic E-state index is 11.5. The molecule has 8 heteroatoms. The van der Waals surface area contributed by atoms with Gasteiger partial charge in [0.05, 0.1) is 18.0 Å². The summed E-state index contributed by atoms with van der Waals surface area (Å²) in [5.74, 6) is 0. The number of sulfone groups is 1. The number of likely N-dealkylation sites (N-methyl/N-ethyl adjacent to an activating group) is 1. The third-order valence-corrected chi connectivity index (χ3v) is 4.72. The van der Waals surface area contributed by atoms with Crippen molar-refractivity contribution in [1.29, 1.82) is 5.26 Å². The molecule has 0 fully saturated rings. The van der Waals surface area contributed by atoms with Gasteiger partial charge in [0, 0.05) is 25.5 Å². The Balaban J connectivity index is 2.10. The highest BCUT2D eigenvalue weighted by atomic mass is 32.2. The van der Waals surface area contributed by atoms with Gasteiger partial charge in [0.15, 0.2) is 9.84 Å². The number of rotatable bonds is 7. The first-order valence-corrected chi connectivity index (χ1v) is 9.98. The minimum Gasteiger partial charge on any atom is -0.395 e. The highest BCUT2D eigenvalue weighted by molar-refractivity contribution is 7.95. The molecule has 140 valence electrons. The van der Waals surface area contributed by atoms with Crippen LogP contribution in [0.5, 0.6) is 0 Å². The molecule has 0 aliphatic carbocycles. The van der Waals surface area contributed by atoms with Gasteiger partial charge >= 0.3 is 0 Å². The summed E-state index contributed by atoms with van der Waals surface area (Å²) in [6, 6.07) is 15.9. The van der Waals surface area contributed by atoms with Crippen molar-refractivity contribution >= 4 is 33.0 Å². The summed E-state index contributed by atoms with van der Waals surface area (Å²) in [6.45, 7) is 0.637. The summed E-state index contributed by atoms with van der Waals surface area (Å²) in [5.41, 5.74) is 2.85. The molecule has 0 bridgehead atoms. The van der Waals surface area contributed by atoms with Crippen molar-refractivity contribution in [2.75, 3.05) is 31.4 Å². The normalized spacial score (nSPS) is 12.1. The Morgan fingerprint density at radius 2 is 1.63 bits per heavy atom. The van der Waals surface area contributed by atoms with Gasteiger partial charge in [-0.1, -0.05) is 12.1 Å². The highest BCUT2D eigenvalue weighted by Crippen LogP contribution is 2.22. The fourth-order valence-corrected chi connectivity index (χ4v) is 2.70. The molecule has 0 aliphatic rings. The fourth-order valence-electron chi connectivity index (χ4n) is 2.18. The molecule has 0 heterocycles. The van der Waals surface area contributed by atoms with Gasteiger partial charge in [-0.05, 0) is 48.0 Å². The predicted molar refractivity (Wildman–Crippen MR) is 106 cm³/mol. The van der Waals surface area contributed by atoms with Gasteiger partial charge in [-0.2, -0.15) is 15.5 Å². The summed E-state index contributed by atoms with van der Waals surface area (Å²) in [4.78, 5) is 1.64. The van der Waals surface area contributed by atoms with E-state index in [1.807, 2.05) is 36.2 Å². The first kappa shape index (κ1) is 20.3. The quantitative estimate of drug-likeness (QED) is 0.581. The largest absolute Gasteiger partial charge is 0.395 e. The maximum Gasteiger partial charge on any atom is 0.185 e. The lowest BCUT2D eigenvalue weighted by Crippen LogP contribution is -2.20. The number of aliphatic hydroxyl groups is 1. The van der Waals surface area contributed by atoms with Crippen molar-refractivity contribution in [2.24, 2.45) is 10.2 Å². The number of hydrogen-bond donors (Lipinski definition) is 1. The molecule has 2 rings (SSSR count). The van der Waals surface area contributed by atoms with Crippen LogP contribution in [0.4, 0.5) is 17.1 Å². The predicted octanol–water partition coefficient (Wildman–Crippen LogP) is 3.44. The van der Waals surface area contributed by atoms with E-state index in [1.165, 1.54) is 6.08 Å². The van der Waals surface area contributed by atoms with Crippen LogP contribution in [0.3, 0.4) is 0 Å². The second-order valence-corrected chi connectivity index (χ2v) is 7.83. The molecule has 27 heavy (non-hydrogen) atoms. The number of benzene rings is 2. The highest BCUT2D eigenvalue weighted by Gasteiger charge is 2.10. The van der Waals surface area contributed by atoms with Crippen LogP contribution in [0.2, 0.25) is 0 Å². The number of anilines is 1. The Bertz CT molecular complexity index is 973. The van der Waals surface area contributed by atoms with Crippen molar-refractivity contribution < 1.29 is 13.5 Å². The van der Waals surface area contributed by atoms with E-state index in [2.05, 4.69) is 10.2 Å². The van der Waals surface area contributed by atoms with Gasteiger partial charge in [0.2, 0.25) is 0 Å². The van der Waals surface area contributed by atoms with Gasteiger partial charge in [-0.3, -0.25) is 0 Å². The van der Waals surface area contributed by atoms with E-state index >= 15 is 0 Å². The average Bonchev–Trinajstić information content (AvgIpc) is 2.65. The molecule has 2 aromatic carbocycles. The minimum absolute atomic E-state index is 0.0865. The first-order chi connectivity index (χ1) is 12.8. The van der Waals surface area contributed by atoms with Crippen LogP contribution in [-0.4, -0.2) is 40.0 Å². The smallest absolute Gasteiger partial charge is 0.185 e. The van der Waals surface area contributed by atoms with Gasteiger partial charge in [0.1, 0.15) is 11.0 Å². The van der Waals surface area contributed by atoms with E-state index in [9.17, 15) is 8.42 Å². The van der Waals surface area contributed by atoms with E-state index in [0.717, 1.165) is 11.9 Å². The zero-order valence-corrected chi connectivity index (χ0v) is 15.9. The molecule has 2 aromatic rings. The van der Waals surface area contributed by atoms with Gasteiger partial charge in [-0.25, -0.2) is 8.42 Å². The van der Waals surface area contributed by atoms with Crippen molar-refractivity contribution in [2.45, 2.75) is 0 Å². The van der Waals surface area contributed by atoms with E-state index < -0.39 is 9.84 Å². The number of hydrogen-bond acceptors (Lipinski definition) is 7. The number of aliphatic hydroxyl groups excluding tert-OH is 1. The van der Waals surface area contributed by atoms with Crippen molar-refractivity contribution in [3.05, 3.63) is 59.0 Å². The van der Waals surface area contributed by atoms with E-state index in [-0.39, 0.29) is 11.5 Å². The third kappa shape index (κ3) is 6.02. The first-order valence-electron chi connectivity index (χ1n) is 8.09. The van der Waals surface area contributed by atoms with Crippen LogP contribution in [0.25, 0.3) is 6.08 Å². The monoisotopic (exact) mass is 384 g/mol. The molecule has 0 spiro atoms. The Morgan fingerprint density at radius 1 is 1.11 bits per heavy atom. The van der Waals surface area contributed by atoms with Crippen molar-refractivity contribution in [3.63, 3.8) is 0 Å². The molecule has 1 N–H and O–H groups in total. The number of allylic oxidation sites excluding steroid dienone is 1. The molecule has 7 nitrogen and oxygen atoms in total. The average molecular weight is 384 g/mol. The topological polar surface area (TPSA) is 106 Å². The summed E-state index contributed by atoms with van der Waals surface area (Å²) in [7, 11) is -1.65. The maximum atomic E-state index is 11.5. The Kier molecular flexibility index (Phi) is 6.82. The van der Waals surface area contributed by atoms with Gasteiger partial charge in [-0.15, -0.1) is 0 Å². The van der Waals surface area contributed by atoms with E-state index in [4.69, 9.17) is 10.4 Å². The van der Waals surface area contributed by atoms with Crippen LogP contribution >= 0.6 is 0 Å². The Morgan fingerprint density at radius 3 is 2.07 bits per heavy atom. The van der Waals surface area contributed by atoms with Crippen LogP contribution in [0.15, 0.2) is 63.7 Å². The second kappa shape index (κ2) is 9.07. The zero-order valence-electron chi connectivity index (χ0n) is 15.1. The molecule has 0 aromatic heterocycles. The Hall–Kier alpha value is -3.02. The van der Waals surface area contributed by atoms with Crippen LogP contribution in [0.1, 0.15) is 5.56 Å². The molecule has 0 unspecified atom stereocenters. The van der Waals surface area contributed by atoms with Crippen LogP contribution < -0.4 is 4.90 Å². The summed E-state index contributed by atoms with van der Waals surface area (Å²) < 4.78 is 22.9. The molecule has 0 saturated carbocycles. The molecule has 0 atom stereocenters. The summed E-state index contributed by atoms with van der Waals surface area (Å²) in [5, 5.41) is 26.2. The van der Waals surface area contributed by atoms with Gasteiger partial charge in [0.25, 0.3) is 0 Å². The lowest BCUT2D eigenvalue weighted by Gasteiger charge is -2.17. The molecular formula is C19H20N4O3S. The molecule has 0 aliphatic heterocycles. The molecule has 0 amide bonds. The van der Waals surface area contributed by atoms with Crippen LogP contribution in [0, 0.1) is 11.3 Å². The standard InChI is InChI=1S/C19H20N4O3S/c1-23(11-12-24)18-9-7-17(8-10-18)22-21-16-5-3-15(4-6-16)13-19(14-20)27(2,25)26/h3-10,13,24H,11-12H2,1-2H3/b19-13+,22-21?. The minimum atomic E-state index is -3.54.